The summed E-state index contributed by atoms with van der Waals surface area (Å²) < 4.78 is 52.4. The number of likely N-dealkylation sites (tertiary alicyclic amines) is 1. The molecule has 0 saturated carbocycles. The van der Waals surface area contributed by atoms with Crippen LogP contribution in [0.5, 0.6) is 5.75 Å². The standard InChI is InChI=1S/C27H35FN4O6S/c1-32-12-9-18(10-13-32)15-23(30-26(33)19-3-5-20(28)6-4-19)27(34)29-21-7-8-25(24(16-21)37-2)39(35,36)31-22-11-14-38-17-22/h3-8,16,18,22-23,31H,9-15,17H2,1-2H3,(H,29,34)(H,30,33)/t22-,23+/m1/s1. The minimum Gasteiger partial charge on any atom is -0.495 e. The van der Waals surface area contributed by atoms with Crippen LogP contribution in [0.2, 0.25) is 0 Å². The zero-order valence-electron chi connectivity index (χ0n) is 22.1. The number of sulfonamides is 1. The van der Waals surface area contributed by atoms with Crippen molar-refractivity contribution in [2.75, 3.05) is 45.8 Å². The second-order valence-electron chi connectivity index (χ2n) is 10.1. The number of carbonyl (C=O) groups is 2. The summed E-state index contributed by atoms with van der Waals surface area (Å²) in [5.74, 6) is -1.08. The molecule has 0 aliphatic carbocycles. The molecule has 2 atom stereocenters. The molecule has 39 heavy (non-hydrogen) atoms. The lowest BCUT2D eigenvalue weighted by Crippen LogP contribution is -2.46. The molecule has 2 saturated heterocycles. The van der Waals surface area contributed by atoms with Gasteiger partial charge in [-0.3, -0.25) is 9.59 Å². The van der Waals surface area contributed by atoms with E-state index in [0.29, 0.717) is 31.7 Å². The Labute approximate surface area is 228 Å². The first-order valence-corrected chi connectivity index (χ1v) is 14.5. The van der Waals surface area contributed by atoms with Crippen LogP contribution in [0, 0.1) is 11.7 Å². The molecule has 12 heteroatoms. The average molecular weight is 563 g/mol. The molecular weight excluding hydrogens is 527 g/mol. The lowest BCUT2D eigenvalue weighted by atomic mass is 9.90. The normalized spacial score (nSPS) is 19.4. The van der Waals surface area contributed by atoms with Gasteiger partial charge in [0, 0.05) is 30.0 Å². The lowest BCUT2D eigenvalue weighted by molar-refractivity contribution is -0.118. The molecule has 212 valence electrons. The van der Waals surface area contributed by atoms with Crippen molar-refractivity contribution >= 4 is 27.5 Å². The maximum Gasteiger partial charge on any atom is 0.251 e. The van der Waals surface area contributed by atoms with Gasteiger partial charge in [-0.15, -0.1) is 0 Å². The molecule has 0 radical (unpaired) electrons. The number of piperidine rings is 1. The molecule has 0 spiro atoms. The summed E-state index contributed by atoms with van der Waals surface area (Å²) >= 11 is 0. The van der Waals surface area contributed by atoms with Gasteiger partial charge in [0.05, 0.1) is 13.7 Å². The smallest absolute Gasteiger partial charge is 0.251 e. The van der Waals surface area contributed by atoms with Crippen LogP contribution >= 0.6 is 0 Å². The van der Waals surface area contributed by atoms with E-state index in [1.165, 1.54) is 49.6 Å². The second-order valence-corrected chi connectivity index (χ2v) is 11.7. The van der Waals surface area contributed by atoms with Gasteiger partial charge < -0.3 is 25.0 Å². The van der Waals surface area contributed by atoms with Gasteiger partial charge in [0.25, 0.3) is 5.91 Å². The van der Waals surface area contributed by atoms with Gasteiger partial charge in [-0.05, 0) is 88.1 Å². The molecule has 10 nitrogen and oxygen atoms in total. The number of methoxy groups -OCH3 is 1. The van der Waals surface area contributed by atoms with Crippen LogP contribution in [-0.4, -0.2) is 77.7 Å². The average Bonchev–Trinajstić information content (AvgIpc) is 3.42. The van der Waals surface area contributed by atoms with Crippen molar-refractivity contribution in [1.29, 1.82) is 0 Å². The molecule has 0 unspecified atom stereocenters. The van der Waals surface area contributed by atoms with Crippen molar-refractivity contribution < 1.29 is 31.9 Å². The number of nitrogens with zero attached hydrogens (tertiary/aromatic N) is 1. The quantitative estimate of drug-likeness (QED) is 0.406. The van der Waals surface area contributed by atoms with Gasteiger partial charge in [0.1, 0.15) is 22.5 Å². The fraction of sp³-hybridized carbons (Fsp3) is 0.481. The van der Waals surface area contributed by atoms with E-state index in [2.05, 4.69) is 20.3 Å². The predicted octanol–water partition coefficient (Wildman–Crippen LogP) is 2.37. The molecule has 2 aromatic carbocycles. The summed E-state index contributed by atoms with van der Waals surface area (Å²) in [6, 6.07) is 8.24. The van der Waals surface area contributed by atoms with E-state index in [1.807, 2.05) is 7.05 Å². The number of halogens is 1. The number of ether oxygens (including phenoxy) is 2. The first-order chi connectivity index (χ1) is 18.6. The predicted molar refractivity (Wildman–Crippen MR) is 144 cm³/mol. The summed E-state index contributed by atoms with van der Waals surface area (Å²) in [4.78, 5) is 28.5. The van der Waals surface area contributed by atoms with E-state index in [0.717, 1.165) is 25.9 Å². The SMILES string of the molecule is COc1cc(NC(=O)[C@H](CC2CCN(C)CC2)NC(=O)c2ccc(F)cc2)ccc1S(=O)(=O)N[C@@H]1CCOC1. The monoisotopic (exact) mass is 562 g/mol. The number of hydrogen-bond donors (Lipinski definition) is 3. The maximum absolute atomic E-state index is 13.4. The zero-order valence-corrected chi connectivity index (χ0v) is 22.9. The first kappa shape index (κ1) is 28.9. The Morgan fingerprint density at radius 2 is 1.85 bits per heavy atom. The molecule has 0 bridgehead atoms. The Morgan fingerprint density at radius 3 is 2.49 bits per heavy atom. The summed E-state index contributed by atoms with van der Waals surface area (Å²) in [5, 5.41) is 5.59. The van der Waals surface area contributed by atoms with E-state index >= 15 is 0 Å². The highest BCUT2D eigenvalue weighted by Crippen LogP contribution is 2.29. The van der Waals surface area contributed by atoms with Crippen LogP contribution in [0.15, 0.2) is 47.4 Å². The van der Waals surface area contributed by atoms with Crippen LogP contribution in [0.1, 0.15) is 36.0 Å². The summed E-state index contributed by atoms with van der Waals surface area (Å²) in [7, 11) is -0.478. The molecule has 2 aromatic rings. The topological polar surface area (TPSA) is 126 Å². The largest absolute Gasteiger partial charge is 0.495 e. The van der Waals surface area contributed by atoms with Gasteiger partial charge in [0.15, 0.2) is 0 Å². The fourth-order valence-corrected chi connectivity index (χ4v) is 6.22. The molecule has 0 aromatic heterocycles. The van der Waals surface area contributed by atoms with Crippen LogP contribution in [-0.2, 0) is 19.6 Å². The highest BCUT2D eigenvalue weighted by atomic mass is 32.2. The Kier molecular flexibility index (Phi) is 9.54. The summed E-state index contributed by atoms with van der Waals surface area (Å²) in [5.41, 5.74) is 0.568. The van der Waals surface area contributed by atoms with Crippen molar-refractivity contribution in [3.63, 3.8) is 0 Å². The van der Waals surface area contributed by atoms with Crippen molar-refractivity contribution in [1.82, 2.24) is 14.9 Å². The van der Waals surface area contributed by atoms with Crippen LogP contribution in [0.3, 0.4) is 0 Å². The fourth-order valence-electron chi connectivity index (χ4n) is 4.81. The summed E-state index contributed by atoms with van der Waals surface area (Å²) in [6.07, 6.45) is 2.81. The van der Waals surface area contributed by atoms with Crippen molar-refractivity contribution in [3.05, 3.63) is 53.8 Å². The lowest BCUT2D eigenvalue weighted by Gasteiger charge is -2.31. The van der Waals surface area contributed by atoms with E-state index in [4.69, 9.17) is 9.47 Å². The number of nitrogens with one attached hydrogen (secondary N) is 3. The van der Waals surface area contributed by atoms with Gasteiger partial charge >= 0.3 is 0 Å². The van der Waals surface area contributed by atoms with Crippen LogP contribution < -0.4 is 20.1 Å². The highest BCUT2D eigenvalue weighted by Gasteiger charge is 2.29. The number of benzene rings is 2. The van der Waals surface area contributed by atoms with E-state index in [-0.39, 0.29) is 28.2 Å². The highest BCUT2D eigenvalue weighted by molar-refractivity contribution is 7.89. The van der Waals surface area contributed by atoms with Crippen molar-refractivity contribution in [3.8, 4) is 5.75 Å². The Balaban J connectivity index is 1.50. The van der Waals surface area contributed by atoms with E-state index in [9.17, 15) is 22.4 Å². The molecule has 2 heterocycles. The van der Waals surface area contributed by atoms with Gasteiger partial charge in [0.2, 0.25) is 15.9 Å². The van der Waals surface area contributed by atoms with Gasteiger partial charge in [-0.1, -0.05) is 0 Å². The molecule has 2 aliphatic rings. The number of hydrogen-bond acceptors (Lipinski definition) is 7. The Hall–Kier alpha value is -3.06. The second kappa shape index (κ2) is 12.9. The minimum absolute atomic E-state index is 0.0533. The Bertz CT molecular complexity index is 1260. The third kappa shape index (κ3) is 7.75. The van der Waals surface area contributed by atoms with Crippen LogP contribution in [0.4, 0.5) is 10.1 Å². The minimum atomic E-state index is -3.88. The van der Waals surface area contributed by atoms with Crippen LogP contribution in [0.25, 0.3) is 0 Å². The first-order valence-electron chi connectivity index (χ1n) is 13.0. The molecule has 4 rings (SSSR count). The van der Waals surface area contributed by atoms with Gasteiger partial charge in [-0.2, -0.15) is 0 Å². The molecule has 3 N–H and O–H groups in total. The number of anilines is 1. The zero-order chi connectivity index (χ0) is 28.0. The van der Waals surface area contributed by atoms with E-state index < -0.39 is 33.7 Å². The molecule has 2 amide bonds. The third-order valence-electron chi connectivity index (χ3n) is 7.11. The molecule has 2 fully saturated rings. The van der Waals surface area contributed by atoms with Gasteiger partial charge in [-0.25, -0.2) is 17.5 Å². The molecule has 2 aliphatic heterocycles. The van der Waals surface area contributed by atoms with E-state index in [1.54, 1.807) is 0 Å². The number of rotatable bonds is 10. The molecular formula is C27H35FN4O6S. The Morgan fingerprint density at radius 1 is 1.13 bits per heavy atom. The number of amides is 2. The maximum atomic E-state index is 13.4. The summed E-state index contributed by atoms with van der Waals surface area (Å²) in [6.45, 7) is 2.60. The van der Waals surface area contributed by atoms with Crippen molar-refractivity contribution in [2.45, 2.75) is 42.7 Å². The number of carbonyl (C=O) groups excluding carboxylic acids is 2. The third-order valence-corrected chi connectivity index (χ3v) is 8.67. The van der Waals surface area contributed by atoms with Crippen molar-refractivity contribution in [2.24, 2.45) is 5.92 Å².